The third kappa shape index (κ3) is 2.49. The maximum Gasteiger partial charge on any atom is 0.290 e. The Balaban J connectivity index is 1.82. The van der Waals surface area contributed by atoms with Gasteiger partial charge in [0.1, 0.15) is 17.7 Å². The van der Waals surface area contributed by atoms with Gasteiger partial charge in [-0.25, -0.2) is 9.97 Å². The number of pyridine rings is 1. The van der Waals surface area contributed by atoms with Crippen LogP contribution in [0.25, 0.3) is 28.2 Å². The molecule has 3 aromatic rings. The van der Waals surface area contributed by atoms with Gasteiger partial charge >= 0.3 is 0 Å². The summed E-state index contributed by atoms with van der Waals surface area (Å²) in [7, 11) is 0. The summed E-state index contributed by atoms with van der Waals surface area (Å²) < 4.78 is 5.82. The van der Waals surface area contributed by atoms with E-state index in [-0.39, 0.29) is 5.24 Å². The van der Waals surface area contributed by atoms with Crippen LogP contribution in [0.1, 0.15) is 5.76 Å². The Morgan fingerprint density at radius 1 is 1.09 bits per heavy atom. The van der Waals surface area contributed by atoms with E-state index in [1.165, 1.54) is 12.4 Å². The number of fused-ring (bicyclic) bond motifs is 1. The topological polar surface area (TPSA) is 98.0 Å². The lowest BCUT2D eigenvalue weighted by molar-refractivity contribution is -0.115. The number of hydrogen-bond acceptors (Lipinski definition) is 7. The van der Waals surface area contributed by atoms with Crippen LogP contribution < -0.4 is 5.32 Å². The summed E-state index contributed by atoms with van der Waals surface area (Å²) in [5, 5.41) is 2.60. The van der Waals surface area contributed by atoms with Crippen molar-refractivity contribution < 1.29 is 14.0 Å². The summed E-state index contributed by atoms with van der Waals surface area (Å²) in [5.74, 6) is 0.0497. The summed E-state index contributed by atoms with van der Waals surface area (Å²) in [5.41, 5.74) is 2.16. The Morgan fingerprint density at radius 3 is 2.65 bits per heavy atom. The smallest absolute Gasteiger partial charge is 0.290 e. The van der Waals surface area contributed by atoms with Crippen LogP contribution in [0.2, 0.25) is 0 Å². The highest BCUT2D eigenvalue weighted by molar-refractivity contribution is 8.18. The monoisotopic (exact) mass is 324 g/mol. The Labute approximate surface area is 133 Å². The molecule has 1 aliphatic heterocycles. The number of aromatic nitrogens is 3. The van der Waals surface area contributed by atoms with Gasteiger partial charge in [-0.15, -0.1) is 0 Å². The van der Waals surface area contributed by atoms with Gasteiger partial charge in [0.05, 0.1) is 4.91 Å². The summed E-state index contributed by atoms with van der Waals surface area (Å²) in [6, 6.07) is 1.76. The van der Waals surface area contributed by atoms with Gasteiger partial charge in [0.15, 0.2) is 0 Å². The minimum atomic E-state index is -0.421. The molecule has 0 spiro atoms. The second-order valence-corrected chi connectivity index (χ2v) is 5.75. The van der Waals surface area contributed by atoms with Gasteiger partial charge in [0.2, 0.25) is 0 Å². The molecule has 0 bridgehead atoms. The number of carbonyl (C=O) groups excluding carboxylic acids is 2. The quantitative estimate of drug-likeness (QED) is 0.723. The maximum absolute atomic E-state index is 11.6. The largest absolute Gasteiger partial charge is 0.456 e. The lowest BCUT2D eigenvalue weighted by Crippen LogP contribution is -2.17. The molecule has 1 aliphatic rings. The molecular formula is C15H8N4O3S. The van der Waals surface area contributed by atoms with Crippen LogP contribution in [0.4, 0.5) is 4.79 Å². The Hall–Kier alpha value is -3.00. The van der Waals surface area contributed by atoms with E-state index in [4.69, 9.17) is 4.42 Å². The van der Waals surface area contributed by atoms with E-state index < -0.39 is 5.91 Å². The van der Waals surface area contributed by atoms with Crippen LogP contribution >= 0.6 is 11.8 Å². The van der Waals surface area contributed by atoms with Crippen molar-refractivity contribution >= 4 is 40.0 Å². The standard InChI is InChI=1S/C15H8N4O3S/c20-14-12(23-15(21)19-14)2-10-1-8-3-16-6-11(13(8)22-10)9-4-17-7-18-5-9/h1-7H,(H,19,20,21)/b12-2+. The Bertz CT molecular complexity index is 965. The van der Waals surface area contributed by atoms with Crippen LogP contribution in [-0.2, 0) is 4.79 Å². The number of amides is 2. The minimum Gasteiger partial charge on any atom is -0.456 e. The second kappa shape index (κ2) is 5.33. The zero-order chi connectivity index (χ0) is 15.8. The molecule has 7 nitrogen and oxygen atoms in total. The molecule has 1 saturated heterocycles. The molecule has 4 heterocycles. The molecule has 0 atom stereocenters. The van der Waals surface area contributed by atoms with Crippen molar-refractivity contribution in [3.63, 3.8) is 0 Å². The number of carbonyl (C=O) groups is 2. The molecule has 8 heteroatoms. The summed E-state index contributed by atoms with van der Waals surface area (Å²) in [4.78, 5) is 35.3. The molecule has 0 saturated carbocycles. The van der Waals surface area contributed by atoms with E-state index in [2.05, 4.69) is 20.3 Å². The fourth-order valence-electron chi connectivity index (χ4n) is 2.25. The van der Waals surface area contributed by atoms with Crippen molar-refractivity contribution in [2.45, 2.75) is 0 Å². The van der Waals surface area contributed by atoms with Gasteiger partial charge in [-0.2, -0.15) is 0 Å². The average Bonchev–Trinajstić information content (AvgIpc) is 3.10. The molecule has 4 rings (SSSR count). The molecule has 0 aliphatic carbocycles. The number of rotatable bonds is 2. The number of imide groups is 1. The van der Waals surface area contributed by atoms with Crippen molar-refractivity contribution in [3.8, 4) is 11.1 Å². The van der Waals surface area contributed by atoms with Crippen LogP contribution in [-0.4, -0.2) is 26.1 Å². The Morgan fingerprint density at radius 2 is 1.91 bits per heavy atom. The van der Waals surface area contributed by atoms with Crippen LogP contribution in [0, 0.1) is 0 Å². The molecule has 23 heavy (non-hydrogen) atoms. The minimum absolute atomic E-state index is 0.298. The third-order valence-corrected chi connectivity index (χ3v) is 4.04. The molecule has 0 aromatic carbocycles. The lowest BCUT2D eigenvalue weighted by atomic mass is 10.1. The predicted molar refractivity (Wildman–Crippen MR) is 84.1 cm³/mol. The summed E-state index contributed by atoms with van der Waals surface area (Å²) in [6.07, 6.45) is 9.66. The zero-order valence-electron chi connectivity index (χ0n) is 11.5. The van der Waals surface area contributed by atoms with Crippen LogP contribution in [0.15, 0.2) is 46.5 Å². The molecule has 112 valence electrons. The normalized spacial score (nSPS) is 16.3. The molecule has 0 unspecified atom stereocenters. The first kappa shape index (κ1) is 13.6. The molecule has 3 aromatic heterocycles. The predicted octanol–water partition coefficient (Wildman–Crippen LogP) is 2.61. The van der Waals surface area contributed by atoms with Gasteiger partial charge in [0.25, 0.3) is 11.1 Å². The molecular weight excluding hydrogens is 316 g/mol. The van der Waals surface area contributed by atoms with Crippen molar-refractivity contribution in [1.82, 2.24) is 20.3 Å². The van der Waals surface area contributed by atoms with E-state index in [0.29, 0.717) is 16.2 Å². The third-order valence-electron chi connectivity index (χ3n) is 3.23. The van der Waals surface area contributed by atoms with E-state index >= 15 is 0 Å². The number of hydrogen-bond donors (Lipinski definition) is 1. The first-order valence-corrected chi connectivity index (χ1v) is 7.40. The number of furan rings is 1. The second-order valence-electron chi connectivity index (χ2n) is 4.73. The maximum atomic E-state index is 11.6. The van der Waals surface area contributed by atoms with Crippen molar-refractivity contribution in [3.05, 3.63) is 47.8 Å². The van der Waals surface area contributed by atoms with Crippen molar-refractivity contribution in [2.75, 3.05) is 0 Å². The SMILES string of the molecule is O=C1NC(=O)/C(=C\c2cc3cncc(-c4cncnc4)c3o2)S1. The summed E-state index contributed by atoms with van der Waals surface area (Å²) >= 11 is 0.845. The molecule has 1 fully saturated rings. The number of nitrogens with zero attached hydrogens (tertiary/aromatic N) is 3. The fraction of sp³-hybridized carbons (Fsp3) is 0. The van der Waals surface area contributed by atoms with Gasteiger partial charge in [-0.3, -0.25) is 19.9 Å². The van der Waals surface area contributed by atoms with Gasteiger partial charge < -0.3 is 4.42 Å². The zero-order valence-corrected chi connectivity index (χ0v) is 12.3. The average molecular weight is 324 g/mol. The van der Waals surface area contributed by atoms with E-state index in [1.807, 2.05) is 0 Å². The highest BCUT2D eigenvalue weighted by atomic mass is 32.2. The summed E-state index contributed by atoms with van der Waals surface area (Å²) in [6.45, 7) is 0. The van der Waals surface area contributed by atoms with Crippen LogP contribution in [0.5, 0.6) is 0 Å². The van der Waals surface area contributed by atoms with E-state index in [0.717, 1.165) is 28.3 Å². The van der Waals surface area contributed by atoms with E-state index in [9.17, 15) is 9.59 Å². The Kier molecular flexibility index (Phi) is 3.16. The van der Waals surface area contributed by atoms with Gasteiger partial charge in [-0.05, 0) is 17.8 Å². The first-order chi connectivity index (χ1) is 11.2. The van der Waals surface area contributed by atoms with Crippen molar-refractivity contribution in [2.24, 2.45) is 0 Å². The van der Waals surface area contributed by atoms with Crippen molar-refractivity contribution in [1.29, 1.82) is 0 Å². The molecule has 2 amide bonds. The molecule has 0 radical (unpaired) electrons. The first-order valence-electron chi connectivity index (χ1n) is 6.58. The van der Waals surface area contributed by atoms with E-state index in [1.54, 1.807) is 30.9 Å². The van der Waals surface area contributed by atoms with Gasteiger partial charge in [-0.1, -0.05) is 0 Å². The lowest BCUT2D eigenvalue weighted by Gasteiger charge is -1.99. The number of nitrogens with one attached hydrogen (secondary N) is 1. The fourth-order valence-corrected chi connectivity index (χ4v) is 2.91. The van der Waals surface area contributed by atoms with Crippen LogP contribution in [0.3, 0.4) is 0 Å². The highest BCUT2D eigenvalue weighted by Gasteiger charge is 2.25. The highest BCUT2D eigenvalue weighted by Crippen LogP contribution is 2.32. The number of thioether (sulfide) groups is 1. The molecule has 1 N–H and O–H groups in total. The van der Waals surface area contributed by atoms with Gasteiger partial charge in [0, 0.05) is 47.4 Å².